The van der Waals surface area contributed by atoms with Gasteiger partial charge in [0.1, 0.15) is 5.75 Å². The molecule has 29 heavy (non-hydrogen) atoms. The summed E-state index contributed by atoms with van der Waals surface area (Å²) < 4.78 is 5.44. The highest BCUT2D eigenvalue weighted by atomic mass is 16.5. The van der Waals surface area contributed by atoms with Crippen LogP contribution >= 0.6 is 0 Å². The van der Waals surface area contributed by atoms with Crippen molar-refractivity contribution in [1.29, 1.82) is 0 Å². The zero-order valence-electron chi connectivity index (χ0n) is 17.3. The van der Waals surface area contributed by atoms with E-state index in [2.05, 4.69) is 26.8 Å². The molecule has 0 aromatic heterocycles. The quantitative estimate of drug-likeness (QED) is 0.488. The molecule has 1 amide bonds. The molecule has 0 unspecified atom stereocenters. The van der Waals surface area contributed by atoms with Crippen molar-refractivity contribution in [2.24, 2.45) is 5.73 Å². The summed E-state index contributed by atoms with van der Waals surface area (Å²) in [6, 6.07) is 23.8. The van der Waals surface area contributed by atoms with Crippen molar-refractivity contribution < 1.29 is 14.3 Å². The van der Waals surface area contributed by atoms with Crippen molar-refractivity contribution in [2.45, 2.75) is 33.1 Å². The Morgan fingerprint density at radius 1 is 0.828 bits per heavy atom. The van der Waals surface area contributed by atoms with Crippen molar-refractivity contribution >= 4 is 11.9 Å². The molecule has 4 heteroatoms. The Hall–Kier alpha value is -3.40. The van der Waals surface area contributed by atoms with Gasteiger partial charge in [-0.3, -0.25) is 4.79 Å². The van der Waals surface area contributed by atoms with Gasteiger partial charge in [-0.05, 0) is 48.2 Å². The molecule has 0 bridgehead atoms. The topological polar surface area (TPSA) is 69.4 Å². The minimum absolute atomic E-state index is 0.100. The third-order valence-corrected chi connectivity index (χ3v) is 4.22. The predicted octanol–water partition coefficient (Wildman–Crippen LogP) is 5.30. The van der Waals surface area contributed by atoms with Gasteiger partial charge in [0.15, 0.2) is 0 Å². The van der Waals surface area contributed by atoms with Crippen LogP contribution in [-0.4, -0.2) is 11.9 Å². The Balaban J connectivity index is 0.000000278. The number of carbonyl (C=O) groups excluding carboxylic acids is 2. The van der Waals surface area contributed by atoms with Crippen molar-refractivity contribution in [1.82, 2.24) is 0 Å². The standard InChI is InChI=1S/C18H20O2.C7H7NO/c1-13-10-11-15(16(12-13)18(2,3)4)17(19)20-14-8-6-5-7-9-14;8-7(9)6-4-2-1-3-5-6/h5-12H,1-4H3;1-5H,(H2,8,9). The van der Waals surface area contributed by atoms with E-state index in [-0.39, 0.29) is 17.3 Å². The molecule has 150 valence electrons. The second kappa shape index (κ2) is 9.69. The molecule has 3 aromatic rings. The molecular formula is C25H27NO3. The number of aryl methyl sites for hydroxylation is 1. The van der Waals surface area contributed by atoms with Gasteiger partial charge in [-0.1, -0.05) is 74.9 Å². The maximum atomic E-state index is 12.4. The van der Waals surface area contributed by atoms with Crippen molar-refractivity contribution in [3.63, 3.8) is 0 Å². The fourth-order valence-electron chi connectivity index (χ4n) is 2.71. The first-order valence-corrected chi connectivity index (χ1v) is 9.41. The summed E-state index contributed by atoms with van der Waals surface area (Å²) in [5, 5.41) is 0. The SMILES string of the molecule is Cc1ccc(C(=O)Oc2ccccc2)c(C(C)(C)C)c1.NC(=O)c1ccccc1. The van der Waals surface area contributed by atoms with Gasteiger partial charge in [0, 0.05) is 5.56 Å². The van der Waals surface area contributed by atoms with Crippen LogP contribution in [-0.2, 0) is 5.41 Å². The Morgan fingerprint density at radius 2 is 1.38 bits per heavy atom. The molecule has 0 heterocycles. The van der Waals surface area contributed by atoms with E-state index in [1.807, 2.05) is 43.3 Å². The molecule has 2 N–H and O–H groups in total. The van der Waals surface area contributed by atoms with Crippen molar-refractivity contribution in [2.75, 3.05) is 0 Å². The van der Waals surface area contributed by atoms with Crippen LogP contribution in [0.15, 0.2) is 78.9 Å². The molecule has 4 nitrogen and oxygen atoms in total. The summed E-state index contributed by atoms with van der Waals surface area (Å²) >= 11 is 0. The second-order valence-electron chi connectivity index (χ2n) is 7.73. The summed E-state index contributed by atoms with van der Waals surface area (Å²) in [6.45, 7) is 8.32. The van der Waals surface area contributed by atoms with E-state index in [1.54, 1.807) is 36.4 Å². The Labute approximate surface area is 172 Å². The largest absolute Gasteiger partial charge is 0.423 e. The van der Waals surface area contributed by atoms with Gasteiger partial charge in [-0.25, -0.2) is 4.79 Å². The van der Waals surface area contributed by atoms with Gasteiger partial charge in [0.25, 0.3) is 0 Å². The molecule has 0 saturated heterocycles. The normalized spacial score (nSPS) is 10.5. The van der Waals surface area contributed by atoms with Crippen LogP contribution in [0.4, 0.5) is 0 Å². The minimum Gasteiger partial charge on any atom is -0.423 e. The number of para-hydroxylation sites is 1. The lowest BCUT2D eigenvalue weighted by atomic mass is 9.83. The van der Waals surface area contributed by atoms with Gasteiger partial charge < -0.3 is 10.5 Å². The van der Waals surface area contributed by atoms with E-state index in [0.717, 1.165) is 11.1 Å². The average molecular weight is 389 g/mol. The number of ether oxygens (including phenoxy) is 1. The fraction of sp³-hybridized carbons (Fsp3) is 0.200. The highest BCUT2D eigenvalue weighted by Crippen LogP contribution is 2.28. The lowest BCUT2D eigenvalue weighted by Crippen LogP contribution is -2.20. The summed E-state index contributed by atoms with van der Waals surface area (Å²) in [4.78, 5) is 22.8. The van der Waals surface area contributed by atoms with Crippen molar-refractivity contribution in [3.8, 4) is 5.75 Å². The van der Waals surface area contributed by atoms with Gasteiger partial charge in [0.05, 0.1) is 5.56 Å². The van der Waals surface area contributed by atoms with Gasteiger partial charge in [0.2, 0.25) is 5.91 Å². The third kappa shape index (κ3) is 6.61. The highest BCUT2D eigenvalue weighted by Gasteiger charge is 2.23. The number of carbonyl (C=O) groups is 2. The number of rotatable bonds is 3. The maximum Gasteiger partial charge on any atom is 0.343 e. The number of primary amides is 1. The summed E-state index contributed by atoms with van der Waals surface area (Å²) in [7, 11) is 0. The Bertz CT molecular complexity index is 958. The molecule has 3 aromatic carbocycles. The van der Waals surface area contributed by atoms with Crippen LogP contribution in [0.25, 0.3) is 0 Å². The van der Waals surface area contributed by atoms with Gasteiger partial charge in [-0.2, -0.15) is 0 Å². The third-order valence-electron chi connectivity index (χ3n) is 4.22. The van der Waals surface area contributed by atoms with Gasteiger partial charge >= 0.3 is 5.97 Å². The van der Waals surface area contributed by atoms with Crippen LogP contribution < -0.4 is 10.5 Å². The first kappa shape index (κ1) is 21.9. The van der Waals surface area contributed by atoms with Crippen LogP contribution in [0.1, 0.15) is 52.6 Å². The minimum atomic E-state index is -0.379. The molecule has 0 fully saturated rings. The second-order valence-corrected chi connectivity index (χ2v) is 7.73. The summed E-state index contributed by atoms with van der Waals surface area (Å²) in [5.74, 6) is -0.116. The molecule has 0 saturated carbocycles. The molecule has 0 radical (unpaired) electrons. The average Bonchev–Trinajstić information content (AvgIpc) is 2.69. The molecular weight excluding hydrogens is 362 g/mol. The summed E-state index contributed by atoms with van der Waals surface area (Å²) in [5.41, 5.74) is 8.22. The number of hydrogen-bond donors (Lipinski definition) is 1. The molecule has 0 aliphatic carbocycles. The smallest absolute Gasteiger partial charge is 0.343 e. The van der Waals surface area contributed by atoms with E-state index < -0.39 is 0 Å². The molecule has 0 aliphatic heterocycles. The molecule has 3 rings (SSSR count). The monoisotopic (exact) mass is 389 g/mol. The lowest BCUT2D eigenvalue weighted by Gasteiger charge is -2.22. The fourth-order valence-corrected chi connectivity index (χ4v) is 2.71. The van der Waals surface area contributed by atoms with E-state index in [1.165, 1.54) is 0 Å². The van der Waals surface area contributed by atoms with Crippen LogP contribution in [0.3, 0.4) is 0 Å². The number of amides is 1. The number of esters is 1. The first-order valence-electron chi connectivity index (χ1n) is 9.41. The number of hydrogen-bond acceptors (Lipinski definition) is 3. The van der Waals surface area contributed by atoms with E-state index in [9.17, 15) is 9.59 Å². The highest BCUT2D eigenvalue weighted by molar-refractivity contribution is 5.93. The van der Waals surface area contributed by atoms with Crippen molar-refractivity contribution in [3.05, 3.63) is 101 Å². The number of benzene rings is 3. The maximum absolute atomic E-state index is 12.4. The number of nitrogens with two attached hydrogens (primary N) is 1. The zero-order chi connectivity index (χ0) is 21.4. The molecule has 0 spiro atoms. The van der Waals surface area contributed by atoms with E-state index in [0.29, 0.717) is 16.9 Å². The Kier molecular flexibility index (Phi) is 7.32. The molecule has 0 atom stereocenters. The van der Waals surface area contributed by atoms with Crippen LogP contribution in [0, 0.1) is 6.92 Å². The predicted molar refractivity (Wildman–Crippen MR) is 116 cm³/mol. The zero-order valence-corrected chi connectivity index (χ0v) is 17.3. The molecule has 0 aliphatic rings. The first-order chi connectivity index (χ1) is 13.7. The Morgan fingerprint density at radius 3 is 1.86 bits per heavy atom. The van der Waals surface area contributed by atoms with Crippen LogP contribution in [0.5, 0.6) is 5.75 Å². The van der Waals surface area contributed by atoms with Crippen LogP contribution in [0.2, 0.25) is 0 Å². The van der Waals surface area contributed by atoms with Gasteiger partial charge in [-0.15, -0.1) is 0 Å². The van der Waals surface area contributed by atoms with E-state index in [4.69, 9.17) is 10.5 Å². The lowest BCUT2D eigenvalue weighted by molar-refractivity contribution is 0.0732. The van der Waals surface area contributed by atoms with E-state index >= 15 is 0 Å². The summed E-state index contributed by atoms with van der Waals surface area (Å²) in [6.07, 6.45) is 0.